The fourth-order valence-corrected chi connectivity index (χ4v) is 9.97. The molecule has 0 aliphatic rings. The molecule has 0 N–H and O–H groups in total. The van der Waals surface area contributed by atoms with E-state index in [1.807, 2.05) is 0 Å². The van der Waals surface area contributed by atoms with Gasteiger partial charge in [-0.15, -0.1) is 0 Å². The highest BCUT2D eigenvalue weighted by molar-refractivity contribution is 5.97. The average molecular weight is 913 g/mol. The predicted molar refractivity (Wildman–Crippen MR) is 303 cm³/mol. The van der Waals surface area contributed by atoms with Gasteiger partial charge >= 0.3 is 0 Å². The molecule has 0 atom stereocenters. The summed E-state index contributed by atoms with van der Waals surface area (Å²) in [6.07, 6.45) is 4.28. The Morgan fingerprint density at radius 1 is 0.282 bits per heavy atom. The van der Waals surface area contributed by atoms with Crippen LogP contribution in [-0.2, 0) is 12.8 Å². The number of nitrogens with zero attached hydrogens (tertiary/aromatic N) is 2. The largest absolute Gasteiger partial charge is 0.310 e. The van der Waals surface area contributed by atoms with E-state index in [9.17, 15) is 0 Å². The van der Waals surface area contributed by atoms with E-state index in [-0.39, 0.29) is 0 Å². The van der Waals surface area contributed by atoms with Gasteiger partial charge in [0, 0.05) is 34.1 Å². The van der Waals surface area contributed by atoms with Crippen LogP contribution in [0.2, 0.25) is 0 Å². The zero-order chi connectivity index (χ0) is 47.8. The van der Waals surface area contributed by atoms with Crippen molar-refractivity contribution >= 4 is 44.9 Å². The third kappa shape index (κ3) is 10.1. The summed E-state index contributed by atoms with van der Waals surface area (Å²) >= 11 is 0. The minimum absolute atomic E-state index is 0.774. The van der Waals surface area contributed by atoms with Crippen LogP contribution in [0, 0.1) is 0 Å². The topological polar surface area (TPSA) is 6.48 Å². The van der Waals surface area contributed by atoms with Crippen molar-refractivity contribution in [2.24, 2.45) is 0 Å². The minimum Gasteiger partial charge on any atom is -0.310 e. The number of unbranched alkanes of at least 4 members (excludes halogenated alkanes) is 1. The molecule has 0 aliphatic heterocycles. The van der Waals surface area contributed by atoms with Crippen LogP contribution < -0.4 is 9.80 Å². The summed E-state index contributed by atoms with van der Waals surface area (Å²) in [6, 6.07) is 99.6. The molecule has 0 aliphatic carbocycles. The maximum absolute atomic E-state index is 2.39. The van der Waals surface area contributed by atoms with Crippen LogP contribution in [0.25, 0.3) is 55.3 Å². The van der Waals surface area contributed by atoms with Gasteiger partial charge in [-0.1, -0.05) is 214 Å². The first-order valence-electron chi connectivity index (χ1n) is 25.0. The highest BCUT2D eigenvalue weighted by Gasteiger charge is 2.17. The Kier molecular flexibility index (Phi) is 13.2. The highest BCUT2D eigenvalue weighted by atomic mass is 15.1. The number of anilines is 6. The molecule has 342 valence electrons. The molecule has 0 fully saturated rings. The molecule has 11 aromatic carbocycles. The van der Waals surface area contributed by atoms with E-state index >= 15 is 0 Å². The van der Waals surface area contributed by atoms with Crippen LogP contribution in [0.15, 0.2) is 273 Å². The Labute approximate surface area is 419 Å². The Morgan fingerprint density at radius 3 is 1.20 bits per heavy atom. The first-order chi connectivity index (χ1) is 35.1. The summed E-state index contributed by atoms with van der Waals surface area (Å²) in [4.78, 5) is 4.77. The molecule has 2 heteroatoms. The maximum atomic E-state index is 2.39. The molecule has 71 heavy (non-hydrogen) atoms. The molecule has 2 nitrogen and oxygen atoms in total. The molecule has 0 aromatic heterocycles. The van der Waals surface area contributed by atoms with Crippen molar-refractivity contribution in [3.05, 3.63) is 290 Å². The lowest BCUT2D eigenvalue weighted by atomic mass is 9.98. The Balaban J connectivity index is 0.926. The van der Waals surface area contributed by atoms with Gasteiger partial charge in [0.15, 0.2) is 0 Å². The van der Waals surface area contributed by atoms with Gasteiger partial charge in [-0.05, 0) is 164 Å². The van der Waals surface area contributed by atoms with Crippen LogP contribution in [0.4, 0.5) is 34.1 Å². The molecule has 0 spiro atoms. The van der Waals surface area contributed by atoms with E-state index in [0.29, 0.717) is 0 Å². The predicted octanol–water partition coefficient (Wildman–Crippen LogP) is 19.4. The van der Waals surface area contributed by atoms with Crippen molar-refractivity contribution in [3.63, 3.8) is 0 Å². The van der Waals surface area contributed by atoms with Crippen LogP contribution in [-0.4, -0.2) is 0 Å². The van der Waals surface area contributed by atoms with Gasteiger partial charge in [0.2, 0.25) is 0 Å². The van der Waals surface area contributed by atoms with Crippen LogP contribution in [0.3, 0.4) is 0 Å². The fourth-order valence-electron chi connectivity index (χ4n) is 9.97. The van der Waals surface area contributed by atoms with E-state index in [1.54, 1.807) is 0 Å². The summed E-state index contributed by atoms with van der Waals surface area (Å²) in [7, 11) is 0. The fraction of sp³-hybridized carbons (Fsp3) is 0.0725. The number of hydrogen-bond donors (Lipinski definition) is 0. The molecular weight excluding hydrogens is 857 g/mol. The summed E-state index contributed by atoms with van der Waals surface area (Å²) in [5.74, 6) is 0. The number of fused-ring (bicyclic) bond motifs is 1. The van der Waals surface area contributed by atoms with E-state index < -0.39 is 0 Å². The van der Waals surface area contributed by atoms with Gasteiger partial charge in [0.05, 0.1) is 0 Å². The third-order valence-corrected chi connectivity index (χ3v) is 13.6. The summed E-state index contributed by atoms with van der Waals surface area (Å²) < 4.78 is 0. The van der Waals surface area contributed by atoms with Gasteiger partial charge in [0.1, 0.15) is 0 Å². The summed E-state index contributed by atoms with van der Waals surface area (Å²) in [6.45, 7) is 2.26. The van der Waals surface area contributed by atoms with Crippen molar-refractivity contribution in [1.82, 2.24) is 0 Å². The normalized spacial score (nSPS) is 11.1. The number of rotatable bonds is 15. The Hall–Kier alpha value is -8.72. The highest BCUT2D eigenvalue weighted by Crippen LogP contribution is 2.40. The van der Waals surface area contributed by atoms with E-state index in [0.717, 1.165) is 47.0 Å². The second-order valence-electron chi connectivity index (χ2n) is 18.4. The average Bonchev–Trinajstić information content (AvgIpc) is 3.44. The lowest BCUT2D eigenvalue weighted by Crippen LogP contribution is -2.11. The van der Waals surface area contributed by atoms with Gasteiger partial charge < -0.3 is 9.80 Å². The Morgan fingerprint density at radius 2 is 0.676 bits per heavy atom. The molecule has 0 saturated heterocycles. The molecule has 11 aromatic rings. The quantitative estimate of drug-likeness (QED) is 0.101. The van der Waals surface area contributed by atoms with Crippen molar-refractivity contribution in [2.45, 2.75) is 32.6 Å². The second-order valence-corrected chi connectivity index (χ2v) is 18.4. The number of hydrogen-bond acceptors (Lipinski definition) is 2. The van der Waals surface area contributed by atoms with Gasteiger partial charge in [-0.2, -0.15) is 0 Å². The van der Waals surface area contributed by atoms with E-state index in [1.165, 1.54) is 84.8 Å². The molecule has 0 saturated carbocycles. The lowest BCUT2D eigenvalue weighted by molar-refractivity contribution is 0.795. The van der Waals surface area contributed by atoms with Crippen molar-refractivity contribution in [1.29, 1.82) is 0 Å². The van der Waals surface area contributed by atoms with Crippen molar-refractivity contribution in [3.8, 4) is 44.5 Å². The number of benzene rings is 11. The molecule has 0 bridgehead atoms. The van der Waals surface area contributed by atoms with Crippen molar-refractivity contribution in [2.75, 3.05) is 9.80 Å². The van der Waals surface area contributed by atoms with E-state index in [2.05, 4.69) is 290 Å². The zero-order valence-corrected chi connectivity index (χ0v) is 40.2. The molecule has 0 unspecified atom stereocenters. The SMILES string of the molecule is CCCCc1cccc(-c2ccc(N(c3ccc(-c4ccccc4)cc3)c3cccc(Cc4cccc(N(c5ccc(-c6ccccc6)cc5)c5ccc(-c6cccc7ccccc67)cc5)c4)c3)cc2)c1. The first-order valence-corrected chi connectivity index (χ1v) is 25.0. The molecule has 0 radical (unpaired) electrons. The van der Waals surface area contributed by atoms with Gasteiger partial charge in [-0.3, -0.25) is 0 Å². The first kappa shape index (κ1) is 44.8. The summed E-state index contributed by atoms with van der Waals surface area (Å²) in [5, 5.41) is 2.50. The Bertz CT molecular complexity index is 3500. The zero-order valence-electron chi connectivity index (χ0n) is 40.2. The second kappa shape index (κ2) is 20.9. The molecule has 11 rings (SSSR count). The number of aryl methyl sites for hydroxylation is 1. The molecule has 0 amide bonds. The van der Waals surface area contributed by atoms with E-state index in [4.69, 9.17) is 0 Å². The van der Waals surface area contributed by atoms with Gasteiger partial charge in [-0.25, -0.2) is 0 Å². The van der Waals surface area contributed by atoms with Crippen molar-refractivity contribution < 1.29 is 0 Å². The maximum Gasteiger partial charge on any atom is 0.0464 e. The minimum atomic E-state index is 0.774. The third-order valence-electron chi connectivity index (χ3n) is 13.6. The van der Waals surface area contributed by atoms with Crippen LogP contribution in [0.5, 0.6) is 0 Å². The monoisotopic (exact) mass is 912 g/mol. The summed E-state index contributed by atoms with van der Waals surface area (Å²) in [5.41, 5.74) is 20.3. The molecular formula is C69H56N2. The molecule has 0 heterocycles. The smallest absolute Gasteiger partial charge is 0.0464 e. The standard InChI is InChI=1S/C69H56N2/c1-2-3-16-51-17-12-26-61(48-51)58-35-43-64(44-36-58)70(62-39-31-56(32-40-62)54-20-6-4-7-21-54)66-27-13-18-52(49-66)47-53-19-14-28-67(50-53)71(63-41-33-57(34-42-63)55-22-8-5-9-23-55)65-45-37-60(38-46-65)69-30-15-25-59-24-10-11-29-68(59)69/h4-15,17-46,48-50H,2-3,16,47H2,1H3. The van der Waals surface area contributed by atoms with Crippen LogP contribution >= 0.6 is 0 Å². The van der Waals surface area contributed by atoms with Gasteiger partial charge in [0.25, 0.3) is 0 Å². The lowest BCUT2D eigenvalue weighted by Gasteiger charge is -2.27. The van der Waals surface area contributed by atoms with Crippen LogP contribution in [0.1, 0.15) is 36.5 Å².